The van der Waals surface area contributed by atoms with E-state index in [1.807, 2.05) is 20.9 Å². The summed E-state index contributed by atoms with van der Waals surface area (Å²) in [5, 5.41) is 6.48. The standard InChI is InChI=1S/C15H29N5O.HI/c1-12(2)17-14(21)11-19-7-9-20(10-8-19)15(16-3)18-13-5-4-6-13;/h12-13H,4-11H2,1-3H3,(H,16,18)(H,17,21);1H. The molecule has 2 rings (SSSR count). The third kappa shape index (κ3) is 5.91. The molecule has 128 valence electrons. The van der Waals surface area contributed by atoms with Crippen molar-refractivity contribution in [3.63, 3.8) is 0 Å². The van der Waals surface area contributed by atoms with Crippen molar-refractivity contribution >= 4 is 35.8 Å². The highest BCUT2D eigenvalue weighted by Gasteiger charge is 2.24. The molecule has 0 radical (unpaired) electrons. The van der Waals surface area contributed by atoms with Crippen LogP contribution in [0.2, 0.25) is 0 Å². The summed E-state index contributed by atoms with van der Waals surface area (Å²) in [5.74, 6) is 1.14. The normalized spacial score (nSPS) is 20.4. The lowest BCUT2D eigenvalue weighted by Gasteiger charge is -2.38. The number of carbonyl (C=O) groups is 1. The van der Waals surface area contributed by atoms with E-state index in [0.717, 1.165) is 32.1 Å². The Morgan fingerprint density at radius 1 is 1.23 bits per heavy atom. The van der Waals surface area contributed by atoms with Crippen molar-refractivity contribution in [3.8, 4) is 0 Å². The summed E-state index contributed by atoms with van der Waals surface area (Å²) < 4.78 is 0. The second-order valence-corrected chi connectivity index (χ2v) is 6.30. The number of nitrogens with zero attached hydrogens (tertiary/aromatic N) is 3. The molecule has 1 heterocycles. The summed E-state index contributed by atoms with van der Waals surface area (Å²) in [6.07, 6.45) is 3.84. The van der Waals surface area contributed by atoms with E-state index in [1.165, 1.54) is 19.3 Å². The maximum absolute atomic E-state index is 11.8. The molecule has 0 atom stereocenters. The number of carbonyl (C=O) groups excluding carboxylic acids is 1. The van der Waals surface area contributed by atoms with Crippen LogP contribution in [0.5, 0.6) is 0 Å². The number of hydrogen-bond acceptors (Lipinski definition) is 3. The highest BCUT2D eigenvalue weighted by molar-refractivity contribution is 14.0. The number of aliphatic imine (C=N–C) groups is 1. The lowest BCUT2D eigenvalue weighted by molar-refractivity contribution is -0.123. The fourth-order valence-corrected chi connectivity index (χ4v) is 2.72. The molecule has 1 aliphatic heterocycles. The van der Waals surface area contributed by atoms with Crippen molar-refractivity contribution in [2.45, 2.75) is 45.2 Å². The number of guanidine groups is 1. The molecule has 2 fully saturated rings. The highest BCUT2D eigenvalue weighted by atomic mass is 127. The van der Waals surface area contributed by atoms with Gasteiger partial charge in [0.05, 0.1) is 6.54 Å². The number of halogens is 1. The first kappa shape index (κ1) is 19.5. The minimum absolute atomic E-state index is 0. The Balaban J connectivity index is 0.00000242. The van der Waals surface area contributed by atoms with Crippen LogP contribution in [-0.2, 0) is 4.79 Å². The van der Waals surface area contributed by atoms with E-state index in [1.54, 1.807) is 0 Å². The quantitative estimate of drug-likeness (QED) is 0.401. The predicted octanol–water partition coefficient (Wildman–Crippen LogP) is 0.874. The fraction of sp³-hybridized carbons (Fsp3) is 0.867. The molecule has 0 spiro atoms. The molecular weight excluding hydrogens is 393 g/mol. The number of amides is 1. The van der Waals surface area contributed by atoms with E-state index in [9.17, 15) is 4.79 Å². The summed E-state index contributed by atoms with van der Waals surface area (Å²) in [5.41, 5.74) is 0. The van der Waals surface area contributed by atoms with E-state index in [0.29, 0.717) is 12.6 Å². The van der Waals surface area contributed by atoms with Crippen molar-refractivity contribution in [2.75, 3.05) is 39.8 Å². The topological polar surface area (TPSA) is 60.0 Å². The Morgan fingerprint density at radius 3 is 2.32 bits per heavy atom. The van der Waals surface area contributed by atoms with Crippen molar-refractivity contribution in [3.05, 3.63) is 0 Å². The van der Waals surface area contributed by atoms with Gasteiger partial charge in [-0.1, -0.05) is 0 Å². The van der Waals surface area contributed by atoms with E-state index < -0.39 is 0 Å². The van der Waals surface area contributed by atoms with Gasteiger partial charge in [0.1, 0.15) is 0 Å². The fourth-order valence-electron chi connectivity index (χ4n) is 2.72. The van der Waals surface area contributed by atoms with Crippen LogP contribution in [0.15, 0.2) is 4.99 Å². The van der Waals surface area contributed by atoms with Gasteiger partial charge >= 0.3 is 0 Å². The van der Waals surface area contributed by atoms with Gasteiger partial charge in [0.2, 0.25) is 5.91 Å². The van der Waals surface area contributed by atoms with Gasteiger partial charge in [0, 0.05) is 45.3 Å². The molecule has 22 heavy (non-hydrogen) atoms. The van der Waals surface area contributed by atoms with Crippen LogP contribution in [-0.4, -0.2) is 73.5 Å². The molecule has 1 saturated heterocycles. The van der Waals surface area contributed by atoms with Crippen molar-refractivity contribution < 1.29 is 4.79 Å². The van der Waals surface area contributed by atoms with Crippen LogP contribution in [0.1, 0.15) is 33.1 Å². The van der Waals surface area contributed by atoms with Gasteiger partial charge < -0.3 is 15.5 Å². The van der Waals surface area contributed by atoms with Crippen molar-refractivity contribution in [2.24, 2.45) is 4.99 Å². The molecule has 7 heteroatoms. The smallest absolute Gasteiger partial charge is 0.234 e. The van der Waals surface area contributed by atoms with E-state index in [-0.39, 0.29) is 35.9 Å². The van der Waals surface area contributed by atoms with E-state index in [2.05, 4.69) is 25.4 Å². The zero-order valence-corrected chi connectivity index (χ0v) is 16.3. The lowest BCUT2D eigenvalue weighted by atomic mass is 9.93. The second-order valence-electron chi connectivity index (χ2n) is 6.30. The van der Waals surface area contributed by atoms with Crippen molar-refractivity contribution in [1.82, 2.24) is 20.4 Å². The monoisotopic (exact) mass is 423 g/mol. The molecule has 2 N–H and O–H groups in total. The average Bonchev–Trinajstić information content (AvgIpc) is 2.38. The largest absolute Gasteiger partial charge is 0.354 e. The minimum atomic E-state index is 0. The first-order chi connectivity index (χ1) is 10.1. The molecule has 0 aromatic rings. The number of nitrogens with one attached hydrogen (secondary N) is 2. The van der Waals surface area contributed by atoms with Crippen molar-refractivity contribution in [1.29, 1.82) is 0 Å². The summed E-state index contributed by atoms with van der Waals surface area (Å²) in [4.78, 5) is 20.7. The van der Waals surface area contributed by atoms with E-state index in [4.69, 9.17) is 0 Å². The first-order valence-corrected chi connectivity index (χ1v) is 8.08. The van der Waals surface area contributed by atoms with Gasteiger partial charge in [-0.25, -0.2) is 0 Å². The molecule has 1 saturated carbocycles. The predicted molar refractivity (Wildman–Crippen MR) is 101 cm³/mol. The Hall–Kier alpha value is -0.570. The van der Waals surface area contributed by atoms with Crippen LogP contribution < -0.4 is 10.6 Å². The van der Waals surface area contributed by atoms with Crippen LogP contribution in [0.25, 0.3) is 0 Å². The van der Waals surface area contributed by atoms with Gasteiger partial charge in [-0.05, 0) is 33.1 Å². The summed E-state index contributed by atoms with van der Waals surface area (Å²) in [6.45, 7) is 8.18. The number of piperazine rings is 1. The third-order valence-corrected chi connectivity index (χ3v) is 4.14. The molecule has 0 aromatic carbocycles. The second kappa shape index (κ2) is 9.54. The van der Waals surface area contributed by atoms with Crippen LogP contribution in [0.4, 0.5) is 0 Å². The number of hydrogen-bond donors (Lipinski definition) is 2. The Labute approximate surface area is 151 Å². The van der Waals surface area contributed by atoms with Crippen LogP contribution in [0.3, 0.4) is 0 Å². The minimum Gasteiger partial charge on any atom is -0.354 e. The SMILES string of the molecule is CN=C(NC1CCC1)N1CCN(CC(=O)NC(C)C)CC1.I. The molecule has 0 unspecified atom stereocenters. The zero-order valence-electron chi connectivity index (χ0n) is 14.0. The van der Waals surface area contributed by atoms with Gasteiger partial charge in [-0.3, -0.25) is 14.7 Å². The molecule has 1 aliphatic carbocycles. The zero-order chi connectivity index (χ0) is 15.2. The van der Waals surface area contributed by atoms with E-state index >= 15 is 0 Å². The third-order valence-electron chi connectivity index (χ3n) is 4.14. The molecule has 0 aromatic heterocycles. The summed E-state index contributed by atoms with van der Waals surface area (Å²) in [7, 11) is 1.85. The average molecular weight is 423 g/mol. The van der Waals surface area contributed by atoms with Gasteiger partial charge in [-0.15, -0.1) is 24.0 Å². The lowest BCUT2D eigenvalue weighted by Crippen LogP contribution is -2.56. The maximum Gasteiger partial charge on any atom is 0.234 e. The van der Waals surface area contributed by atoms with Crippen LogP contribution in [0, 0.1) is 0 Å². The molecular formula is C15H30IN5O. The Kier molecular flexibility index (Phi) is 8.45. The molecule has 0 bridgehead atoms. The van der Waals surface area contributed by atoms with Gasteiger partial charge in [0.25, 0.3) is 0 Å². The molecule has 1 amide bonds. The molecule has 2 aliphatic rings. The Morgan fingerprint density at radius 2 is 1.86 bits per heavy atom. The molecule has 6 nitrogen and oxygen atoms in total. The number of rotatable bonds is 4. The highest BCUT2D eigenvalue weighted by Crippen LogP contribution is 2.18. The van der Waals surface area contributed by atoms with Gasteiger partial charge in [-0.2, -0.15) is 0 Å². The summed E-state index contributed by atoms with van der Waals surface area (Å²) in [6, 6.07) is 0.822. The Bertz CT molecular complexity index is 376. The summed E-state index contributed by atoms with van der Waals surface area (Å²) >= 11 is 0. The van der Waals surface area contributed by atoms with Gasteiger partial charge in [0.15, 0.2) is 5.96 Å². The van der Waals surface area contributed by atoms with Crippen LogP contribution >= 0.6 is 24.0 Å². The maximum atomic E-state index is 11.8. The first-order valence-electron chi connectivity index (χ1n) is 8.08.